The molecule has 0 spiro atoms. The highest BCUT2D eigenvalue weighted by atomic mass is 19.1. The van der Waals surface area contributed by atoms with E-state index in [-0.39, 0.29) is 17.5 Å². The molecule has 0 radical (unpaired) electrons. The minimum Gasteiger partial charge on any atom is -0.487 e. The van der Waals surface area contributed by atoms with Crippen LogP contribution in [0, 0.1) is 11.7 Å². The Morgan fingerprint density at radius 3 is 2.94 bits per heavy atom. The van der Waals surface area contributed by atoms with Crippen LogP contribution in [0.2, 0.25) is 0 Å². The van der Waals surface area contributed by atoms with Gasteiger partial charge in [-0.15, -0.1) is 0 Å². The van der Waals surface area contributed by atoms with Crippen LogP contribution in [-0.2, 0) is 0 Å². The molecule has 3 unspecified atom stereocenters. The summed E-state index contributed by atoms with van der Waals surface area (Å²) in [5, 5.41) is 0. The van der Waals surface area contributed by atoms with Crippen LogP contribution in [0.3, 0.4) is 0 Å². The SMILES string of the molecule is CCC(C)C1(C)CC(N)c2cc(F)ccc2O1. The molecule has 0 fully saturated rings. The van der Waals surface area contributed by atoms with Crippen LogP contribution < -0.4 is 10.5 Å². The molecule has 0 saturated heterocycles. The molecule has 3 heteroatoms. The van der Waals surface area contributed by atoms with Crippen LogP contribution in [0.4, 0.5) is 4.39 Å². The van der Waals surface area contributed by atoms with Gasteiger partial charge in [0.15, 0.2) is 0 Å². The summed E-state index contributed by atoms with van der Waals surface area (Å²) in [7, 11) is 0. The number of fused-ring (bicyclic) bond motifs is 1. The lowest BCUT2D eigenvalue weighted by atomic mass is 9.79. The molecule has 0 amide bonds. The van der Waals surface area contributed by atoms with E-state index in [1.54, 1.807) is 6.07 Å². The van der Waals surface area contributed by atoms with Crippen molar-refractivity contribution >= 4 is 0 Å². The third-order valence-electron chi connectivity index (χ3n) is 3.99. The average Bonchev–Trinajstić information content (AvgIpc) is 2.29. The summed E-state index contributed by atoms with van der Waals surface area (Å²) in [5.74, 6) is 0.898. The Bertz CT molecular complexity index is 421. The summed E-state index contributed by atoms with van der Waals surface area (Å²) in [6.07, 6.45) is 1.78. The second-order valence-corrected chi connectivity index (χ2v) is 5.22. The summed E-state index contributed by atoms with van der Waals surface area (Å²) in [4.78, 5) is 0. The summed E-state index contributed by atoms with van der Waals surface area (Å²) in [6.45, 7) is 6.40. The zero-order chi connectivity index (χ0) is 12.6. The molecule has 1 heterocycles. The maximum atomic E-state index is 13.2. The fourth-order valence-corrected chi connectivity index (χ4v) is 2.48. The largest absolute Gasteiger partial charge is 0.487 e. The first-order valence-electron chi connectivity index (χ1n) is 6.20. The van der Waals surface area contributed by atoms with E-state index in [4.69, 9.17) is 10.5 Å². The van der Waals surface area contributed by atoms with Gasteiger partial charge in [0.1, 0.15) is 17.2 Å². The fourth-order valence-electron chi connectivity index (χ4n) is 2.48. The van der Waals surface area contributed by atoms with E-state index in [2.05, 4.69) is 20.8 Å². The number of hydrogen-bond donors (Lipinski definition) is 1. The highest BCUT2D eigenvalue weighted by Crippen LogP contribution is 2.42. The Morgan fingerprint density at radius 1 is 1.59 bits per heavy atom. The molecule has 0 aliphatic carbocycles. The van der Waals surface area contributed by atoms with Gasteiger partial charge in [0.05, 0.1) is 0 Å². The number of benzene rings is 1. The van der Waals surface area contributed by atoms with Crippen LogP contribution in [0.5, 0.6) is 5.75 Å². The van der Waals surface area contributed by atoms with Crippen molar-refractivity contribution in [1.29, 1.82) is 0 Å². The van der Waals surface area contributed by atoms with Crippen LogP contribution >= 0.6 is 0 Å². The minimum absolute atomic E-state index is 0.145. The van der Waals surface area contributed by atoms with E-state index in [9.17, 15) is 4.39 Å². The van der Waals surface area contributed by atoms with Crippen molar-refractivity contribution in [3.05, 3.63) is 29.6 Å². The van der Waals surface area contributed by atoms with Gasteiger partial charge in [-0.2, -0.15) is 0 Å². The molecular formula is C14H20FNO. The molecule has 2 N–H and O–H groups in total. The van der Waals surface area contributed by atoms with Gasteiger partial charge in [-0.25, -0.2) is 4.39 Å². The Balaban J connectivity index is 2.36. The van der Waals surface area contributed by atoms with Gasteiger partial charge in [-0.05, 0) is 37.5 Å². The quantitative estimate of drug-likeness (QED) is 0.855. The molecule has 3 atom stereocenters. The fraction of sp³-hybridized carbons (Fsp3) is 0.571. The summed E-state index contributed by atoms with van der Waals surface area (Å²) in [6, 6.07) is 4.45. The van der Waals surface area contributed by atoms with Crippen molar-refractivity contribution in [1.82, 2.24) is 0 Å². The predicted molar refractivity (Wildman–Crippen MR) is 66.4 cm³/mol. The zero-order valence-corrected chi connectivity index (χ0v) is 10.7. The first-order chi connectivity index (χ1) is 7.96. The van der Waals surface area contributed by atoms with Crippen molar-refractivity contribution in [2.75, 3.05) is 0 Å². The molecule has 1 aliphatic rings. The average molecular weight is 237 g/mol. The molecule has 0 aromatic heterocycles. The number of nitrogens with two attached hydrogens (primary N) is 1. The van der Waals surface area contributed by atoms with Crippen molar-refractivity contribution in [2.24, 2.45) is 11.7 Å². The lowest BCUT2D eigenvalue weighted by molar-refractivity contribution is 0.00240. The number of ether oxygens (including phenoxy) is 1. The molecule has 17 heavy (non-hydrogen) atoms. The zero-order valence-electron chi connectivity index (χ0n) is 10.7. The van der Waals surface area contributed by atoms with Crippen LogP contribution in [-0.4, -0.2) is 5.60 Å². The van der Waals surface area contributed by atoms with Gasteiger partial charge in [0.25, 0.3) is 0 Å². The highest BCUT2D eigenvalue weighted by Gasteiger charge is 2.39. The second-order valence-electron chi connectivity index (χ2n) is 5.22. The van der Waals surface area contributed by atoms with E-state index in [0.717, 1.165) is 24.2 Å². The van der Waals surface area contributed by atoms with Gasteiger partial charge in [-0.3, -0.25) is 0 Å². The van der Waals surface area contributed by atoms with Crippen molar-refractivity contribution < 1.29 is 9.13 Å². The molecule has 0 bridgehead atoms. The molecule has 2 rings (SSSR count). The maximum Gasteiger partial charge on any atom is 0.125 e. The van der Waals surface area contributed by atoms with Crippen molar-refractivity contribution in [2.45, 2.75) is 45.3 Å². The molecule has 1 aliphatic heterocycles. The van der Waals surface area contributed by atoms with Gasteiger partial charge in [0, 0.05) is 18.0 Å². The van der Waals surface area contributed by atoms with E-state index >= 15 is 0 Å². The smallest absolute Gasteiger partial charge is 0.125 e. The first-order valence-corrected chi connectivity index (χ1v) is 6.20. The van der Waals surface area contributed by atoms with Crippen LogP contribution in [0.15, 0.2) is 18.2 Å². The van der Waals surface area contributed by atoms with Gasteiger partial charge >= 0.3 is 0 Å². The Kier molecular flexibility index (Phi) is 3.13. The summed E-state index contributed by atoms with van der Waals surface area (Å²) < 4.78 is 19.2. The monoisotopic (exact) mass is 237 g/mol. The normalized spacial score (nSPS) is 29.4. The molecule has 0 saturated carbocycles. The van der Waals surface area contributed by atoms with E-state index < -0.39 is 0 Å². The summed E-state index contributed by atoms with van der Waals surface area (Å²) >= 11 is 0. The Labute approximate surface area is 102 Å². The van der Waals surface area contributed by atoms with Crippen LogP contribution in [0.25, 0.3) is 0 Å². The number of halogens is 1. The van der Waals surface area contributed by atoms with Crippen molar-refractivity contribution in [3.8, 4) is 5.75 Å². The van der Waals surface area contributed by atoms with Gasteiger partial charge in [0.2, 0.25) is 0 Å². The lowest BCUT2D eigenvalue weighted by Crippen LogP contribution is -2.45. The molecular weight excluding hydrogens is 217 g/mol. The Hall–Kier alpha value is -1.09. The molecule has 94 valence electrons. The first kappa shape index (κ1) is 12.4. The highest BCUT2D eigenvalue weighted by molar-refractivity contribution is 5.39. The number of rotatable bonds is 2. The Morgan fingerprint density at radius 2 is 2.29 bits per heavy atom. The lowest BCUT2D eigenvalue weighted by Gasteiger charge is -2.42. The predicted octanol–water partition coefficient (Wildman–Crippen LogP) is 3.41. The maximum absolute atomic E-state index is 13.2. The molecule has 2 nitrogen and oxygen atoms in total. The second kappa shape index (κ2) is 4.30. The van der Waals surface area contributed by atoms with Gasteiger partial charge < -0.3 is 10.5 Å². The van der Waals surface area contributed by atoms with E-state index in [0.29, 0.717) is 5.92 Å². The minimum atomic E-state index is -0.255. The third kappa shape index (κ3) is 2.16. The number of hydrogen-bond acceptors (Lipinski definition) is 2. The third-order valence-corrected chi connectivity index (χ3v) is 3.99. The molecule has 1 aromatic carbocycles. The molecule has 1 aromatic rings. The van der Waals surface area contributed by atoms with E-state index in [1.165, 1.54) is 12.1 Å². The van der Waals surface area contributed by atoms with Crippen LogP contribution in [0.1, 0.15) is 45.2 Å². The van der Waals surface area contributed by atoms with E-state index in [1.807, 2.05) is 0 Å². The topological polar surface area (TPSA) is 35.2 Å². The van der Waals surface area contributed by atoms with Crippen molar-refractivity contribution in [3.63, 3.8) is 0 Å². The summed E-state index contributed by atoms with van der Waals surface area (Å²) in [5.41, 5.74) is 6.67. The van der Waals surface area contributed by atoms with Gasteiger partial charge in [-0.1, -0.05) is 13.8 Å². The standard InChI is InChI=1S/C14H20FNO/c1-4-9(2)14(3)8-12(16)11-7-10(15)5-6-13(11)17-14/h5-7,9,12H,4,8,16H2,1-3H3.